The lowest BCUT2D eigenvalue weighted by molar-refractivity contribution is -0.216. The lowest BCUT2D eigenvalue weighted by Crippen LogP contribution is -2.68. The number of ether oxygens (including phenoxy) is 7. The number of methoxy groups -OCH3 is 1. The largest absolute Gasteiger partial charge is 0.466 e. The molecule has 2 amide bonds. The third-order valence-electron chi connectivity index (χ3n) is 8.16. The molecule has 1 aliphatic heterocycles. The Labute approximate surface area is 329 Å². The van der Waals surface area contributed by atoms with E-state index < -0.39 is 90.7 Å². The number of terminal acetylenes is 1. The van der Waals surface area contributed by atoms with Crippen molar-refractivity contribution in [3.8, 4) is 23.5 Å². The monoisotopic (exact) mass is 800 g/mol. The molecule has 1 fully saturated rings. The van der Waals surface area contributed by atoms with Crippen LogP contribution < -0.4 is 10.6 Å². The molecule has 1 aliphatic rings. The highest BCUT2D eigenvalue weighted by molar-refractivity contribution is 8.01. The first-order chi connectivity index (χ1) is 26.8. The van der Waals surface area contributed by atoms with Crippen molar-refractivity contribution in [1.29, 1.82) is 0 Å². The summed E-state index contributed by atoms with van der Waals surface area (Å²) in [5.41, 5.74) is 2.64. The third kappa shape index (κ3) is 14.6. The van der Waals surface area contributed by atoms with E-state index in [-0.39, 0.29) is 38.6 Å². The van der Waals surface area contributed by atoms with Crippen molar-refractivity contribution < 1.29 is 67.0 Å². The molecule has 6 atom stereocenters. The molecule has 1 saturated heterocycles. The Balaban J connectivity index is 1.91. The molecule has 17 heteroatoms. The number of aliphatic hydroxyl groups is 1. The predicted molar refractivity (Wildman–Crippen MR) is 201 cm³/mol. The first-order valence-corrected chi connectivity index (χ1v) is 18.6. The first-order valence-electron chi connectivity index (χ1n) is 17.6. The van der Waals surface area contributed by atoms with Gasteiger partial charge in [-0.2, -0.15) is 0 Å². The Hall–Kier alpha value is -4.99. The summed E-state index contributed by atoms with van der Waals surface area (Å²) < 4.78 is 38.2. The molecular weight excluding hydrogens is 752 g/mol. The molecule has 304 valence electrons. The number of amides is 2. The highest BCUT2D eigenvalue weighted by atomic mass is 32.2. The van der Waals surface area contributed by atoms with Crippen LogP contribution in [0.15, 0.2) is 54.6 Å². The molecule has 0 radical (unpaired) electrons. The van der Waals surface area contributed by atoms with Crippen LogP contribution in [0.2, 0.25) is 0 Å². The minimum atomic E-state index is -1.96. The van der Waals surface area contributed by atoms with Crippen molar-refractivity contribution in [2.24, 2.45) is 0 Å². The maximum atomic E-state index is 13.5. The van der Waals surface area contributed by atoms with E-state index in [1.807, 2.05) is 42.5 Å². The van der Waals surface area contributed by atoms with E-state index in [1.165, 1.54) is 0 Å². The van der Waals surface area contributed by atoms with Gasteiger partial charge in [-0.15, -0.1) is 18.2 Å². The van der Waals surface area contributed by atoms with Gasteiger partial charge in [0.05, 0.1) is 52.0 Å². The highest BCUT2D eigenvalue weighted by Crippen LogP contribution is 2.41. The Kier molecular flexibility index (Phi) is 18.8. The minimum Gasteiger partial charge on any atom is -0.466 e. The van der Waals surface area contributed by atoms with E-state index >= 15 is 0 Å². The SMILES string of the molecule is C#CCOCCOCCS[C@]1(C(=O)OC)C[C@H](O)[C@@H](NC(=O)COC(C)=O)[C@H]([C@H](OC(C)=O)[C@@H](CNC(=O)Cc2ccc(-c3ccccc3)cc2)OC(C)=O)O1. The number of thioether (sulfide) groups is 1. The van der Waals surface area contributed by atoms with Gasteiger partial charge in [-0.3, -0.25) is 24.0 Å². The van der Waals surface area contributed by atoms with Crippen molar-refractivity contribution in [3.05, 3.63) is 60.2 Å². The van der Waals surface area contributed by atoms with E-state index in [2.05, 4.69) is 16.6 Å². The van der Waals surface area contributed by atoms with Crippen LogP contribution >= 0.6 is 11.8 Å². The summed E-state index contributed by atoms with van der Waals surface area (Å²) in [5, 5.41) is 16.8. The molecule has 0 unspecified atom stereocenters. The van der Waals surface area contributed by atoms with Crippen LogP contribution in [0, 0.1) is 12.3 Å². The number of aliphatic hydroxyl groups excluding tert-OH is 1. The van der Waals surface area contributed by atoms with Crippen LogP contribution in [0.5, 0.6) is 0 Å². The molecule has 16 nitrogen and oxygen atoms in total. The van der Waals surface area contributed by atoms with Gasteiger partial charge in [-0.1, -0.05) is 60.5 Å². The summed E-state index contributed by atoms with van der Waals surface area (Å²) in [6, 6.07) is 15.6. The molecule has 3 rings (SSSR count). The summed E-state index contributed by atoms with van der Waals surface area (Å²) in [5.74, 6) is -2.27. The van der Waals surface area contributed by atoms with Gasteiger partial charge in [-0.05, 0) is 16.7 Å². The van der Waals surface area contributed by atoms with E-state index in [0.29, 0.717) is 5.56 Å². The number of nitrogens with one attached hydrogen (secondary N) is 2. The smallest absolute Gasteiger partial charge is 0.348 e. The lowest BCUT2D eigenvalue weighted by Gasteiger charge is -2.48. The number of carbonyl (C=O) groups is 6. The topological polar surface area (TPSA) is 211 Å². The van der Waals surface area contributed by atoms with Gasteiger partial charge in [0, 0.05) is 32.9 Å². The molecule has 0 aliphatic carbocycles. The summed E-state index contributed by atoms with van der Waals surface area (Å²) in [6.45, 7) is 2.72. The summed E-state index contributed by atoms with van der Waals surface area (Å²) in [7, 11) is 1.11. The Morgan fingerprint density at radius 2 is 1.57 bits per heavy atom. The summed E-state index contributed by atoms with van der Waals surface area (Å²) in [4.78, 5) is 74.2. The van der Waals surface area contributed by atoms with Crippen LogP contribution in [0.1, 0.15) is 32.8 Å². The van der Waals surface area contributed by atoms with Gasteiger partial charge in [0.1, 0.15) is 12.7 Å². The van der Waals surface area contributed by atoms with Crippen LogP contribution in [-0.4, -0.2) is 129 Å². The number of carbonyl (C=O) groups excluding carboxylic acids is 6. The Morgan fingerprint density at radius 1 is 0.911 bits per heavy atom. The number of hydrogen-bond acceptors (Lipinski definition) is 15. The molecule has 2 aromatic carbocycles. The van der Waals surface area contributed by atoms with Gasteiger partial charge in [-0.25, -0.2) is 4.79 Å². The van der Waals surface area contributed by atoms with Gasteiger partial charge < -0.3 is 48.9 Å². The van der Waals surface area contributed by atoms with E-state index in [0.717, 1.165) is 50.8 Å². The predicted octanol–water partition coefficient (Wildman–Crippen LogP) is 1.34. The Morgan fingerprint density at radius 3 is 2.20 bits per heavy atom. The fourth-order valence-corrected chi connectivity index (χ4v) is 6.95. The van der Waals surface area contributed by atoms with Crippen LogP contribution in [0.3, 0.4) is 0 Å². The van der Waals surface area contributed by atoms with Crippen molar-refractivity contribution >= 4 is 47.5 Å². The standard InChI is InChI=1S/C39H48N2O14S/c1-6-16-50-17-18-51-19-20-56-39(38(48)49-5)22-31(45)35(41-34(47)24-52-25(2)42)37(55-39)36(54-27(4)44)32(53-26(3)43)23-40-33(46)21-28-12-14-30(15-13-28)29-10-8-7-9-11-29/h1,7-15,31-32,35-37,45H,16-24H2,2-5H3,(H,40,46)(H,41,47)/t31-,32+,35+,36+,37+,39-/m0/s1. The van der Waals surface area contributed by atoms with Gasteiger partial charge in [0.15, 0.2) is 18.8 Å². The zero-order chi connectivity index (χ0) is 41.1. The van der Waals surface area contributed by atoms with Crippen LogP contribution in [0.4, 0.5) is 0 Å². The van der Waals surface area contributed by atoms with Crippen molar-refractivity contribution in [2.45, 2.75) is 69.0 Å². The summed E-state index contributed by atoms with van der Waals surface area (Å²) >= 11 is 0.914. The second kappa shape index (κ2) is 23.2. The van der Waals surface area contributed by atoms with E-state index in [9.17, 15) is 33.9 Å². The molecule has 0 saturated carbocycles. The van der Waals surface area contributed by atoms with Gasteiger partial charge in [0.25, 0.3) is 5.91 Å². The molecule has 3 N–H and O–H groups in total. The van der Waals surface area contributed by atoms with Crippen LogP contribution in [0.25, 0.3) is 11.1 Å². The van der Waals surface area contributed by atoms with Crippen molar-refractivity contribution in [2.75, 3.05) is 52.4 Å². The minimum absolute atomic E-state index is 0.0617. The van der Waals surface area contributed by atoms with Crippen molar-refractivity contribution in [3.63, 3.8) is 0 Å². The number of rotatable bonds is 21. The maximum absolute atomic E-state index is 13.5. The molecule has 2 aromatic rings. The van der Waals surface area contributed by atoms with Crippen molar-refractivity contribution in [1.82, 2.24) is 10.6 Å². The maximum Gasteiger partial charge on any atom is 0.348 e. The molecule has 0 bridgehead atoms. The lowest BCUT2D eigenvalue weighted by atomic mass is 9.89. The van der Waals surface area contributed by atoms with Crippen LogP contribution in [-0.2, 0) is 68.3 Å². The number of esters is 4. The molecule has 56 heavy (non-hydrogen) atoms. The van der Waals surface area contributed by atoms with E-state index in [1.54, 1.807) is 12.1 Å². The fraction of sp³-hybridized carbons (Fsp3) is 0.487. The fourth-order valence-electron chi connectivity index (χ4n) is 5.75. The second-order valence-corrected chi connectivity index (χ2v) is 13.8. The zero-order valence-corrected chi connectivity index (χ0v) is 32.5. The molecule has 0 aromatic heterocycles. The molecular formula is C39H48N2O14S. The first kappa shape index (κ1) is 45.4. The number of hydrogen-bond donors (Lipinski definition) is 3. The number of benzene rings is 2. The normalized spacial score (nSPS) is 20.0. The zero-order valence-electron chi connectivity index (χ0n) is 31.7. The molecule has 0 spiro atoms. The third-order valence-corrected chi connectivity index (χ3v) is 9.43. The highest BCUT2D eigenvalue weighted by Gasteiger charge is 2.57. The quantitative estimate of drug-likeness (QED) is 0.0704. The molecule has 1 heterocycles. The average molecular weight is 801 g/mol. The summed E-state index contributed by atoms with van der Waals surface area (Å²) in [6.07, 6.45) is -1.65. The van der Waals surface area contributed by atoms with Gasteiger partial charge >= 0.3 is 23.9 Å². The Bertz CT molecular complexity index is 1670. The second-order valence-electron chi connectivity index (χ2n) is 12.5. The van der Waals surface area contributed by atoms with Gasteiger partial charge in [0.2, 0.25) is 10.8 Å². The van der Waals surface area contributed by atoms with E-state index in [4.69, 9.17) is 39.6 Å². The average Bonchev–Trinajstić information content (AvgIpc) is 3.16.